The first kappa shape index (κ1) is 25.9. The molecule has 0 saturated heterocycles. The normalized spacial score (nSPS) is 16.1. The summed E-state index contributed by atoms with van der Waals surface area (Å²) in [6.07, 6.45) is 1.47. The third-order valence-corrected chi connectivity index (χ3v) is 8.05. The van der Waals surface area contributed by atoms with Gasteiger partial charge in [0.15, 0.2) is 0 Å². The van der Waals surface area contributed by atoms with Gasteiger partial charge in [-0.3, -0.25) is 4.31 Å². The lowest BCUT2D eigenvalue weighted by molar-refractivity contribution is -0.144. The molecule has 36 heavy (non-hydrogen) atoms. The lowest BCUT2D eigenvalue weighted by Crippen LogP contribution is -2.44. The van der Waals surface area contributed by atoms with E-state index in [9.17, 15) is 17.6 Å². The molecule has 0 fully saturated rings. The number of hydrogen-bond donors (Lipinski definition) is 1. The van der Waals surface area contributed by atoms with E-state index in [1.54, 1.807) is 49.4 Å². The van der Waals surface area contributed by atoms with Gasteiger partial charge in [-0.15, -0.1) is 0 Å². The monoisotopic (exact) mass is 529 g/mol. The zero-order chi connectivity index (χ0) is 26.0. The topological polar surface area (TPSA) is 83.9 Å². The number of allylic oxidation sites excluding steroid dienone is 1. The minimum absolute atomic E-state index is 0.0398. The van der Waals surface area contributed by atoms with E-state index in [1.165, 1.54) is 22.5 Å². The summed E-state index contributed by atoms with van der Waals surface area (Å²) in [6.45, 7) is 2.98. The molecule has 1 aliphatic heterocycles. The molecule has 0 aromatic heterocycles. The minimum atomic E-state index is -3.98. The zero-order valence-corrected chi connectivity index (χ0v) is 21.3. The lowest BCUT2D eigenvalue weighted by Gasteiger charge is -2.35. The van der Waals surface area contributed by atoms with Crippen LogP contribution in [-0.2, 0) is 26.0 Å². The van der Waals surface area contributed by atoms with Gasteiger partial charge in [-0.2, -0.15) is 0 Å². The van der Waals surface area contributed by atoms with Gasteiger partial charge in [0.25, 0.3) is 10.0 Å². The average molecular weight is 530 g/mol. The van der Waals surface area contributed by atoms with Crippen molar-refractivity contribution in [1.82, 2.24) is 0 Å². The van der Waals surface area contributed by atoms with Crippen molar-refractivity contribution in [1.29, 1.82) is 0 Å². The number of rotatable bonds is 7. The van der Waals surface area contributed by atoms with Gasteiger partial charge in [0, 0.05) is 12.0 Å². The van der Waals surface area contributed by atoms with Crippen LogP contribution in [0.5, 0.6) is 0 Å². The molecule has 0 bridgehead atoms. The second kappa shape index (κ2) is 10.4. The Morgan fingerprint density at radius 2 is 1.94 bits per heavy atom. The minimum Gasteiger partial charge on any atom is -0.480 e. The van der Waals surface area contributed by atoms with Crippen molar-refractivity contribution < 1.29 is 27.4 Å². The molecule has 6 nitrogen and oxygen atoms in total. The van der Waals surface area contributed by atoms with E-state index in [-0.39, 0.29) is 22.0 Å². The molecule has 0 aliphatic carbocycles. The largest absolute Gasteiger partial charge is 0.480 e. The van der Waals surface area contributed by atoms with E-state index >= 15 is 0 Å². The number of ether oxygens (including phenoxy) is 1. The van der Waals surface area contributed by atoms with E-state index in [2.05, 4.69) is 0 Å². The van der Waals surface area contributed by atoms with Crippen molar-refractivity contribution in [2.45, 2.75) is 31.3 Å². The molecular formula is C27H25ClFNO5S. The molecule has 0 spiro atoms. The zero-order valence-electron chi connectivity index (χ0n) is 19.7. The number of carbonyl (C=O) groups is 1. The highest BCUT2D eigenvalue weighted by Crippen LogP contribution is 2.35. The molecular weight excluding hydrogens is 505 g/mol. The van der Waals surface area contributed by atoms with Crippen molar-refractivity contribution in [3.8, 4) is 0 Å². The van der Waals surface area contributed by atoms with E-state index in [4.69, 9.17) is 21.4 Å². The first-order valence-electron chi connectivity index (χ1n) is 11.2. The van der Waals surface area contributed by atoms with Crippen molar-refractivity contribution in [2.75, 3.05) is 17.5 Å². The molecule has 3 aromatic rings. The molecule has 1 heterocycles. The van der Waals surface area contributed by atoms with Gasteiger partial charge in [-0.25, -0.2) is 17.6 Å². The number of sulfonamides is 1. The Kier molecular flexibility index (Phi) is 7.49. The SMILES string of the molecule is C/C(=C\c1ccc2c(c1)N(S(=O)(=O)c1cccc(C)c1)C[C@H](OCC(=O)O)C2)c1c(F)cccc1Cl. The third kappa shape index (κ3) is 5.46. The number of carboxylic acids is 1. The van der Waals surface area contributed by atoms with Crippen LogP contribution in [0.1, 0.15) is 29.2 Å². The highest BCUT2D eigenvalue weighted by Gasteiger charge is 2.34. The Morgan fingerprint density at radius 3 is 2.64 bits per heavy atom. The summed E-state index contributed by atoms with van der Waals surface area (Å²) in [5.41, 5.74) is 3.49. The number of benzene rings is 3. The number of hydrogen-bond acceptors (Lipinski definition) is 4. The molecule has 0 saturated carbocycles. The number of carboxylic acid groups (broad SMARTS) is 1. The summed E-state index contributed by atoms with van der Waals surface area (Å²) in [6, 6.07) is 16.4. The fourth-order valence-corrected chi connectivity index (χ4v) is 6.24. The number of anilines is 1. The second-order valence-electron chi connectivity index (χ2n) is 8.70. The Labute approximate surface area is 214 Å². The number of fused-ring (bicyclic) bond motifs is 1. The molecule has 1 N–H and O–H groups in total. The van der Waals surface area contributed by atoms with Gasteiger partial charge < -0.3 is 9.84 Å². The van der Waals surface area contributed by atoms with Gasteiger partial charge in [0.05, 0.1) is 28.3 Å². The predicted octanol–water partition coefficient (Wildman–Crippen LogP) is 5.57. The van der Waals surface area contributed by atoms with E-state index in [0.29, 0.717) is 28.8 Å². The molecule has 0 radical (unpaired) electrons. The van der Waals surface area contributed by atoms with Crippen molar-refractivity contribution >= 4 is 44.9 Å². The second-order valence-corrected chi connectivity index (χ2v) is 11.0. The molecule has 1 aliphatic rings. The van der Waals surface area contributed by atoms with Gasteiger partial charge >= 0.3 is 5.97 Å². The Balaban J connectivity index is 1.78. The van der Waals surface area contributed by atoms with E-state index in [0.717, 1.165) is 5.56 Å². The van der Waals surface area contributed by atoms with Crippen molar-refractivity contribution in [3.63, 3.8) is 0 Å². The van der Waals surface area contributed by atoms with Gasteiger partial charge in [-0.1, -0.05) is 48.0 Å². The number of nitrogens with zero attached hydrogens (tertiary/aromatic N) is 1. The third-order valence-electron chi connectivity index (χ3n) is 5.96. The fraction of sp³-hybridized carbons (Fsp3) is 0.222. The van der Waals surface area contributed by atoms with Crippen LogP contribution in [0.2, 0.25) is 5.02 Å². The smallest absolute Gasteiger partial charge is 0.329 e. The van der Waals surface area contributed by atoms with E-state index in [1.807, 2.05) is 13.0 Å². The van der Waals surface area contributed by atoms with Crippen LogP contribution < -0.4 is 4.31 Å². The molecule has 1 atom stereocenters. The van der Waals surface area contributed by atoms with Crippen LogP contribution in [0.25, 0.3) is 11.6 Å². The quantitative estimate of drug-likeness (QED) is 0.405. The highest BCUT2D eigenvalue weighted by molar-refractivity contribution is 7.92. The van der Waals surface area contributed by atoms with Crippen LogP contribution in [0.15, 0.2) is 65.6 Å². The molecule has 3 aromatic carbocycles. The Hall–Kier alpha value is -3.20. The standard InChI is InChI=1S/C27H25ClFNO5S/c1-17-5-3-6-22(11-17)36(33,34)30-15-21(35-16-26(31)32)14-20-10-9-19(13-25(20)30)12-18(2)27-23(28)7-4-8-24(27)29/h3-13,21H,14-16H2,1-2H3,(H,31,32)/b18-12+/t21-/m1/s1. The van der Waals surface area contributed by atoms with Crippen molar-refractivity contribution in [3.05, 3.63) is 93.8 Å². The van der Waals surface area contributed by atoms with E-state index < -0.39 is 34.5 Å². The first-order chi connectivity index (χ1) is 17.1. The lowest BCUT2D eigenvalue weighted by atomic mass is 9.97. The van der Waals surface area contributed by atoms with Crippen LogP contribution in [-0.4, -0.2) is 38.7 Å². The summed E-state index contributed by atoms with van der Waals surface area (Å²) >= 11 is 6.21. The molecule has 9 heteroatoms. The summed E-state index contributed by atoms with van der Waals surface area (Å²) < 4.78 is 48.6. The summed E-state index contributed by atoms with van der Waals surface area (Å²) in [7, 11) is -3.98. The molecule has 0 amide bonds. The first-order valence-corrected chi connectivity index (χ1v) is 13.1. The fourth-order valence-electron chi connectivity index (χ4n) is 4.30. The maximum absolute atomic E-state index is 14.4. The Morgan fingerprint density at radius 1 is 1.19 bits per heavy atom. The number of aliphatic carboxylic acids is 1. The van der Waals surface area contributed by atoms with Gasteiger partial charge in [0.2, 0.25) is 0 Å². The molecule has 188 valence electrons. The van der Waals surface area contributed by atoms with Crippen molar-refractivity contribution in [2.24, 2.45) is 0 Å². The summed E-state index contributed by atoms with van der Waals surface area (Å²) in [5, 5.41) is 9.31. The molecule has 4 rings (SSSR count). The maximum Gasteiger partial charge on any atom is 0.329 e. The number of aryl methyl sites for hydroxylation is 1. The highest BCUT2D eigenvalue weighted by atomic mass is 35.5. The van der Waals surface area contributed by atoms with Gasteiger partial charge in [-0.05, 0) is 66.4 Å². The number of halogens is 2. The van der Waals surface area contributed by atoms with Crippen LogP contribution in [0.3, 0.4) is 0 Å². The summed E-state index contributed by atoms with van der Waals surface area (Å²) in [5.74, 6) is -1.58. The van der Waals surface area contributed by atoms with Gasteiger partial charge in [0.1, 0.15) is 12.4 Å². The summed E-state index contributed by atoms with van der Waals surface area (Å²) in [4.78, 5) is 11.2. The van der Waals surface area contributed by atoms with Crippen LogP contribution >= 0.6 is 11.6 Å². The average Bonchev–Trinajstić information content (AvgIpc) is 2.82. The van der Waals surface area contributed by atoms with Crippen LogP contribution in [0, 0.1) is 12.7 Å². The maximum atomic E-state index is 14.4. The molecule has 0 unspecified atom stereocenters. The predicted molar refractivity (Wildman–Crippen MR) is 138 cm³/mol. The van der Waals surface area contributed by atoms with Crippen LogP contribution in [0.4, 0.5) is 10.1 Å². The Bertz CT molecular complexity index is 1430.